The minimum absolute atomic E-state index is 0.745. The highest BCUT2D eigenvalue weighted by Gasteiger charge is 2.16. The molecule has 1 fully saturated rings. The molecular formula is C16H27N3O. The van der Waals surface area contributed by atoms with Crippen molar-refractivity contribution in [2.45, 2.75) is 38.6 Å². The molecule has 0 aromatic heterocycles. The number of benzene rings is 1. The van der Waals surface area contributed by atoms with Gasteiger partial charge in [-0.15, -0.1) is 0 Å². The molecule has 1 aromatic rings. The number of nitrogens with two attached hydrogens (primary N) is 1. The maximum Gasteiger partial charge on any atom is 0.121 e. The number of anilines is 2. The summed E-state index contributed by atoms with van der Waals surface area (Å²) >= 11 is 0. The Bertz CT molecular complexity index is 422. The standard InChI is InChI=1S/C16H27N3O/c1-13-6-3-4-10-19(13)11-5-9-18-16-8-7-14(20-2)12-15(16)17/h7-8,12-13,18H,3-6,9-11,17H2,1-2H3. The predicted octanol–water partition coefficient (Wildman–Crippen LogP) is 2.95. The zero-order valence-electron chi connectivity index (χ0n) is 12.7. The van der Waals surface area contributed by atoms with Crippen LogP contribution in [0.15, 0.2) is 18.2 Å². The molecule has 1 heterocycles. The van der Waals surface area contributed by atoms with E-state index < -0.39 is 0 Å². The zero-order valence-corrected chi connectivity index (χ0v) is 12.7. The molecule has 1 saturated heterocycles. The van der Waals surface area contributed by atoms with Crippen LogP contribution in [0, 0.1) is 0 Å². The van der Waals surface area contributed by atoms with Gasteiger partial charge in [0.05, 0.1) is 18.5 Å². The van der Waals surface area contributed by atoms with Gasteiger partial charge in [0.25, 0.3) is 0 Å². The van der Waals surface area contributed by atoms with Crippen molar-refractivity contribution in [1.29, 1.82) is 0 Å². The lowest BCUT2D eigenvalue weighted by Crippen LogP contribution is -2.38. The summed E-state index contributed by atoms with van der Waals surface area (Å²) in [6.07, 6.45) is 5.23. The molecule has 0 radical (unpaired) electrons. The second-order valence-electron chi connectivity index (χ2n) is 5.61. The highest BCUT2D eigenvalue weighted by atomic mass is 16.5. The lowest BCUT2D eigenvalue weighted by Gasteiger charge is -2.33. The second-order valence-corrected chi connectivity index (χ2v) is 5.61. The third-order valence-electron chi connectivity index (χ3n) is 4.14. The molecule has 0 amide bonds. The van der Waals surface area contributed by atoms with Crippen molar-refractivity contribution in [2.75, 3.05) is 37.8 Å². The van der Waals surface area contributed by atoms with Crippen molar-refractivity contribution < 1.29 is 4.74 Å². The van der Waals surface area contributed by atoms with Crippen LogP contribution in [-0.4, -0.2) is 37.7 Å². The van der Waals surface area contributed by atoms with E-state index in [-0.39, 0.29) is 0 Å². The van der Waals surface area contributed by atoms with Crippen molar-refractivity contribution in [3.8, 4) is 5.75 Å². The van der Waals surface area contributed by atoms with Crippen LogP contribution >= 0.6 is 0 Å². The molecular weight excluding hydrogens is 250 g/mol. The molecule has 1 unspecified atom stereocenters. The SMILES string of the molecule is COc1ccc(NCCCN2CCCCC2C)c(N)c1. The zero-order chi connectivity index (χ0) is 14.4. The van der Waals surface area contributed by atoms with Gasteiger partial charge >= 0.3 is 0 Å². The Morgan fingerprint density at radius 3 is 2.95 bits per heavy atom. The molecule has 4 nitrogen and oxygen atoms in total. The van der Waals surface area contributed by atoms with Gasteiger partial charge < -0.3 is 20.7 Å². The van der Waals surface area contributed by atoms with Crippen LogP contribution < -0.4 is 15.8 Å². The van der Waals surface area contributed by atoms with E-state index in [4.69, 9.17) is 10.5 Å². The molecule has 0 spiro atoms. The normalized spacial score (nSPS) is 19.8. The van der Waals surface area contributed by atoms with E-state index in [0.29, 0.717) is 0 Å². The van der Waals surface area contributed by atoms with Crippen LogP contribution in [0.1, 0.15) is 32.6 Å². The maximum atomic E-state index is 5.99. The average molecular weight is 277 g/mol. The van der Waals surface area contributed by atoms with Gasteiger partial charge in [0.15, 0.2) is 0 Å². The molecule has 1 aliphatic heterocycles. The summed E-state index contributed by atoms with van der Waals surface area (Å²) in [6, 6.07) is 6.52. The summed E-state index contributed by atoms with van der Waals surface area (Å²) in [6.45, 7) is 5.73. The number of hydrogen-bond acceptors (Lipinski definition) is 4. The summed E-state index contributed by atoms with van der Waals surface area (Å²) in [4.78, 5) is 2.60. The smallest absolute Gasteiger partial charge is 0.121 e. The first-order chi connectivity index (χ1) is 9.70. The molecule has 1 aromatic carbocycles. The molecule has 2 rings (SSSR count). The third kappa shape index (κ3) is 4.04. The van der Waals surface area contributed by atoms with E-state index >= 15 is 0 Å². The minimum atomic E-state index is 0.745. The molecule has 3 N–H and O–H groups in total. The minimum Gasteiger partial charge on any atom is -0.497 e. The van der Waals surface area contributed by atoms with E-state index in [1.54, 1.807) is 7.11 Å². The summed E-state index contributed by atoms with van der Waals surface area (Å²) in [5, 5.41) is 3.41. The lowest BCUT2D eigenvalue weighted by molar-refractivity contribution is 0.160. The Morgan fingerprint density at radius 1 is 1.40 bits per heavy atom. The summed E-state index contributed by atoms with van der Waals surface area (Å²) in [5.74, 6) is 0.801. The number of nitrogens with one attached hydrogen (secondary N) is 1. The molecule has 112 valence electrons. The van der Waals surface area contributed by atoms with Gasteiger partial charge in [-0.2, -0.15) is 0 Å². The maximum absolute atomic E-state index is 5.99. The highest BCUT2D eigenvalue weighted by molar-refractivity contribution is 5.68. The Hall–Kier alpha value is -1.42. The quantitative estimate of drug-likeness (QED) is 0.620. The van der Waals surface area contributed by atoms with Crippen LogP contribution in [0.5, 0.6) is 5.75 Å². The summed E-state index contributed by atoms with van der Waals surface area (Å²) < 4.78 is 5.15. The summed E-state index contributed by atoms with van der Waals surface area (Å²) in [5.41, 5.74) is 7.73. The molecule has 1 atom stereocenters. The molecule has 20 heavy (non-hydrogen) atoms. The van der Waals surface area contributed by atoms with Crippen molar-refractivity contribution in [1.82, 2.24) is 4.90 Å². The van der Waals surface area contributed by atoms with Crippen molar-refractivity contribution >= 4 is 11.4 Å². The third-order valence-corrected chi connectivity index (χ3v) is 4.14. The van der Waals surface area contributed by atoms with Crippen molar-refractivity contribution in [3.63, 3.8) is 0 Å². The fourth-order valence-electron chi connectivity index (χ4n) is 2.82. The van der Waals surface area contributed by atoms with Crippen LogP contribution in [0.3, 0.4) is 0 Å². The van der Waals surface area contributed by atoms with E-state index in [2.05, 4.69) is 17.1 Å². The number of nitrogens with zero attached hydrogens (tertiary/aromatic N) is 1. The Labute approximate surface area is 122 Å². The van der Waals surface area contributed by atoms with Gasteiger partial charge in [-0.05, 0) is 44.9 Å². The number of likely N-dealkylation sites (tertiary alicyclic amines) is 1. The van der Waals surface area contributed by atoms with Gasteiger partial charge in [-0.3, -0.25) is 0 Å². The number of methoxy groups -OCH3 is 1. The fraction of sp³-hybridized carbons (Fsp3) is 0.625. The number of nitrogen functional groups attached to an aromatic ring is 1. The van der Waals surface area contributed by atoms with E-state index in [1.807, 2.05) is 18.2 Å². The first-order valence-electron chi connectivity index (χ1n) is 7.62. The topological polar surface area (TPSA) is 50.5 Å². The number of piperidine rings is 1. The second kappa shape index (κ2) is 7.39. The first-order valence-corrected chi connectivity index (χ1v) is 7.62. The van der Waals surface area contributed by atoms with Crippen LogP contribution in [0.2, 0.25) is 0 Å². The lowest BCUT2D eigenvalue weighted by atomic mass is 10.0. The first kappa shape index (κ1) is 15.0. The Balaban J connectivity index is 1.73. The van der Waals surface area contributed by atoms with Crippen LogP contribution in [0.4, 0.5) is 11.4 Å². The number of ether oxygens (including phenoxy) is 1. The average Bonchev–Trinajstić information content (AvgIpc) is 2.46. The predicted molar refractivity (Wildman–Crippen MR) is 85.4 cm³/mol. The Kier molecular flexibility index (Phi) is 5.53. The molecule has 0 saturated carbocycles. The molecule has 1 aliphatic rings. The molecule has 4 heteroatoms. The van der Waals surface area contributed by atoms with Gasteiger partial charge in [0.2, 0.25) is 0 Å². The van der Waals surface area contributed by atoms with Gasteiger partial charge in [0, 0.05) is 25.2 Å². The number of hydrogen-bond donors (Lipinski definition) is 2. The van der Waals surface area contributed by atoms with E-state index in [1.165, 1.54) is 32.4 Å². The molecule has 0 bridgehead atoms. The van der Waals surface area contributed by atoms with E-state index in [9.17, 15) is 0 Å². The van der Waals surface area contributed by atoms with Gasteiger partial charge in [0.1, 0.15) is 5.75 Å². The monoisotopic (exact) mass is 277 g/mol. The van der Waals surface area contributed by atoms with Gasteiger partial charge in [-0.25, -0.2) is 0 Å². The fourth-order valence-corrected chi connectivity index (χ4v) is 2.82. The number of rotatable bonds is 6. The Morgan fingerprint density at radius 2 is 2.25 bits per heavy atom. The van der Waals surface area contributed by atoms with Crippen molar-refractivity contribution in [2.24, 2.45) is 0 Å². The van der Waals surface area contributed by atoms with Crippen LogP contribution in [0.25, 0.3) is 0 Å². The van der Waals surface area contributed by atoms with Gasteiger partial charge in [-0.1, -0.05) is 6.42 Å². The highest BCUT2D eigenvalue weighted by Crippen LogP contribution is 2.24. The largest absolute Gasteiger partial charge is 0.497 e. The molecule has 0 aliphatic carbocycles. The van der Waals surface area contributed by atoms with Crippen molar-refractivity contribution in [3.05, 3.63) is 18.2 Å². The summed E-state index contributed by atoms with van der Waals surface area (Å²) in [7, 11) is 1.65. The van der Waals surface area contributed by atoms with E-state index in [0.717, 1.165) is 36.1 Å². The van der Waals surface area contributed by atoms with Crippen LogP contribution in [-0.2, 0) is 0 Å².